The fraction of sp³-hybridized carbons (Fsp3) is 0.548. The van der Waals surface area contributed by atoms with Gasteiger partial charge in [-0.25, -0.2) is 0 Å². The second kappa shape index (κ2) is 14.0. The van der Waals surface area contributed by atoms with Crippen molar-refractivity contribution in [1.82, 2.24) is 10.2 Å². The first kappa shape index (κ1) is 32.6. The molecule has 5 atom stereocenters. The second-order valence-electron chi connectivity index (χ2n) is 11.0. The number of likely N-dealkylation sites (tertiary alicyclic amines) is 1. The summed E-state index contributed by atoms with van der Waals surface area (Å²) in [7, 11) is 0. The highest BCUT2D eigenvalue weighted by Crippen LogP contribution is 2.34. The van der Waals surface area contributed by atoms with Gasteiger partial charge < -0.3 is 33.9 Å². The molecule has 4 rings (SSSR count). The molecule has 238 valence electrons. The van der Waals surface area contributed by atoms with Crippen molar-refractivity contribution >= 4 is 41.3 Å². The van der Waals surface area contributed by atoms with E-state index in [0.29, 0.717) is 24.8 Å². The number of fused-ring (bicyclic) bond motifs is 1. The number of hydrogen-bond acceptors (Lipinski definition) is 11. The van der Waals surface area contributed by atoms with Crippen molar-refractivity contribution < 1.29 is 52.5 Å². The monoisotopic (exact) mass is 614 g/mol. The Hall–Kier alpha value is -4.26. The third kappa shape index (κ3) is 7.26. The van der Waals surface area contributed by atoms with Crippen LogP contribution in [0.15, 0.2) is 29.8 Å². The fourth-order valence-electron chi connectivity index (χ4n) is 5.89. The van der Waals surface area contributed by atoms with Crippen molar-refractivity contribution in [1.29, 1.82) is 0 Å². The lowest BCUT2D eigenvalue weighted by Crippen LogP contribution is -2.68. The molecule has 3 aliphatic rings. The average molecular weight is 615 g/mol. The van der Waals surface area contributed by atoms with Crippen molar-refractivity contribution in [2.24, 2.45) is 5.92 Å². The SMILES string of the molecule is CCOC(=O)C1CCN(C(=O)C2OC(NC(=O)C3=C(C)c4ccccc4C3)C(OC(C)=O)C(OC(C)=O)C2OC(C)=O)CC1. The van der Waals surface area contributed by atoms with Crippen LogP contribution in [0.25, 0.3) is 5.57 Å². The van der Waals surface area contributed by atoms with Gasteiger partial charge in [-0.2, -0.15) is 0 Å². The van der Waals surface area contributed by atoms with Crippen LogP contribution in [0.1, 0.15) is 58.6 Å². The van der Waals surface area contributed by atoms with Crippen LogP contribution >= 0.6 is 0 Å². The van der Waals surface area contributed by atoms with Gasteiger partial charge in [-0.15, -0.1) is 0 Å². The zero-order chi connectivity index (χ0) is 32.1. The third-order valence-electron chi connectivity index (χ3n) is 7.90. The molecule has 1 aromatic carbocycles. The minimum absolute atomic E-state index is 0.182. The quantitative estimate of drug-likeness (QED) is 0.333. The Kier molecular flexibility index (Phi) is 10.4. The molecule has 44 heavy (non-hydrogen) atoms. The smallest absolute Gasteiger partial charge is 0.309 e. The van der Waals surface area contributed by atoms with Gasteiger partial charge in [0.2, 0.25) is 5.91 Å². The first-order valence-electron chi connectivity index (χ1n) is 14.6. The van der Waals surface area contributed by atoms with Crippen LogP contribution in [0.2, 0.25) is 0 Å². The molecule has 1 aliphatic carbocycles. The Morgan fingerprint density at radius 1 is 0.886 bits per heavy atom. The van der Waals surface area contributed by atoms with Gasteiger partial charge >= 0.3 is 23.9 Å². The van der Waals surface area contributed by atoms with Gasteiger partial charge in [-0.1, -0.05) is 24.3 Å². The molecule has 0 saturated carbocycles. The number of ether oxygens (including phenoxy) is 5. The Labute approximate surface area is 255 Å². The number of esters is 4. The van der Waals surface area contributed by atoms with Gasteiger partial charge in [0.05, 0.1) is 12.5 Å². The molecule has 13 heteroatoms. The summed E-state index contributed by atoms with van der Waals surface area (Å²) < 4.78 is 27.7. The fourth-order valence-corrected chi connectivity index (χ4v) is 5.89. The van der Waals surface area contributed by atoms with Gasteiger partial charge in [-0.3, -0.25) is 28.8 Å². The number of allylic oxidation sites excluding steroid dienone is 1. The highest BCUT2D eigenvalue weighted by molar-refractivity contribution is 6.03. The summed E-state index contributed by atoms with van der Waals surface area (Å²) in [6.45, 7) is 7.48. The lowest BCUT2D eigenvalue weighted by Gasteiger charge is -2.45. The lowest BCUT2D eigenvalue weighted by atomic mass is 9.93. The van der Waals surface area contributed by atoms with Crippen LogP contribution in [0.3, 0.4) is 0 Å². The third-order valence-corrected chi connectivity index (χ3v) is 7.90. The minimum atomic E-state index is -1.55. The number of nitrogens with zero attached hydrogens (tertiary/aromatic N) is 1. The highest BCUT2D eigenvalue weighted by atomic mass is 16.7. The molecule has 0 aromatic heterocycles. The summed E-state index contributed by atoms with van der Waals surface area (Å²) in [5.41, 5.74) is 3.09. The van der Waals surface area contributed by atoms with E-state index in [9.17, 15) is 28.8 Å². The summed E-state index contributed by atoms with van der Waals surface area (Å²) in [6.07, 6.45) is -6.46. The van der Waals surface area contributed by atoms with Crippen LogP contribution in [0.4, 0.5) is 0 Å². The summed E-state index contributed by atoms with van der Waals surface area (Å²) in [5.74, 6) is -4.25. The van der Waals surface area contributed by atoms with Crippen LogP contribution in [0.5, 0.6) is 0 Å². The van der Waals surface area contributed by atoms with E-state index in [4.69, 9.17) is 23.7 Å². The van der Waals surface area contributed by atoms with E-state index in [2.05, 4.69) is 5.32 Å². The van der Waals surface area contributed by atoms with Crippen LogP contribution < -0.4 is 5.32 Å². The number of hydrogen-bond donors (Lipinski definition) is 1. The van der Waals surface area contributed by atoms with E-state index in [0.717, 1.165) is 37.5 Å². The predicted molar refractivity (Wildman–Crippen MR) is 152 cm³/mol. The van der Waals surface area contributed by atoms with Crippen LogP contribution in [-0.4, -0.2) is 90.9 Å². The van der Waals surface area contributed by atoms with E-state index in [-0.39, 0.29) is 31.6 Å². The molecule has 1 aromatic rings. The van der Waals surface area contributed by atoms with Crippen molar-refractivity contribution in [3.63, 3.8) is 0 Å². The zero-order valence-corrected chi connectivity index (χ0v) is 25.5. The molecule has 2 saturated heterocycles. The summed E-state index contributed by atoms with van der Waals surface area (Å²) >= 11 is 0. The summed E-state index contributed by atoms with van der Waals surface area (Å²) in [6, 6.07) is 7.56. The van der Waals surface area contributed by atoms with Gasteiger partial charge in [0.1, 0.15) is 0 Å². The van der Waals surface area contributed by atoms with Crippen LogP contribution in [-0.2, 0) is 58.9 Å². The van der Waals surface area contributed by atoms with Crippen molar-refractivity contribution in [3.05, 3.63) is 41.0 Å². The number of carbonyl (C=O) groups is 6. The Morgan fingerprint density at radius 2 is 1.48 bits per heavy atom. The van der Waals surface area contributed by atoms with Gasteiger partial charge in [0, 0.05) is 45.9 Å². The number of piperidine rings is 1. The number of nitrogens with one attached hydrogen (secondary N) is 1. The summed E-state index contributed by atoms with van der Waals surface area (Å²) in [4.78, 5) is 77.8. The Bertz CT molecular complexity index is 1350. The molecule has 1 N–H and O–H groups in total. The van der Waals surface area contributed by atoms with E-state index in [1.807, 2.05) is 31.2 Å². The minimum Gasteiger partial charge on any atom is -0.466 e. The highest BCUT2D eigenvalue weighted by Gasteiger charge is 2.55. The number of benzene rings is 1. The number of carbonyl (C=O) groups excluding carboxylic acids is 6. The zero-order valence-electron chi connectivity index (χ0n) is 25.5. The molecule has 2 fully saturated rings. The Morgan fingerprint density at radius 3 is 2.07 bits per heavy atom. The molecule has 0 radical (unpaired) electrons. The molecular weight excluding hydrogens is 576 g/mol. The molecule has 2 aliphatic heterocycles. The largest absolute Gasteiger partial charge is 0.466 e. The second-order valence-corrected chi connectivity index (χ2v) is 11.0. The average Bonchev–Trinajstić information content (AvgIpc) is 3.31. The normalized spacial score (nSPS) is 25.0. The van der Waals surface area contributed by atoms with Crippen molar-refractivity contribution in [3.8, 4) is 0 Å². The molecule has 2 heterocycles. The maximum Gasteiger partial charge on any atom is 0.309 e. The molecule has 0 bridgehead atoms. The van der Waals surface area contributed by atoms with Gasteiger partial charge in [0.25, 0.3) is 5.91 Å². The maximum atomic E-state index is 13.9. The maximum absolute atomic E-state index is 13.9. The predicted octanol–water partition coefficient (Wildman–Crippen LogP) is 1.45. The molecule has 5 unspecified atom stereocenters. The molecule has 2 amide bonds. The molecule has 13 nitrogen and oxygen atoms in total. The summed E-state index contributed by atoms with van der Waals surface area (Å²) in [5, 5.41) is 2.72. The van der Waals surface area contributed by atoms with Gasteiger partial charge in [-0.05, 0) is 43.4 Å². The topological polar surface area (TPSA) is 164 Å². The van der Waals surface area contributed by atoms with E-state index >= 15 is 0 Å². The lowest BCUT2D eigenvalue weighted by molar-refractivity contribution is -0.250. The van der Waals surface area contributed by atoms with E-state index in [1.54, 1.807) is 6.92 Å². The number of amides is 2. The van der Waals surface area contributed by atoms with E-state index < -0.39 is 60.4 Å². The van der Waals surface area contributed by atoms with E-state index in [1.165, 1.54) is 4.90 Å². The molecular formula is C31H38N2O11. The Balaban J connectivity index is 1.64. The van der Waals surface area contributed by atoms with Gasteiger partial charge in [0.15, 0.2) is 30.6 Å². The molecule has 0 spiro atoms. The first-order valence-corrected chi connectivity index (χ1v) is 14.6. The standard InChI is InChI=1S/C31H38N2O11/c1-6-40-31(39)20-11-13-33(14-12-20)30(38)27-25(42-18(4)35)24(41-17(3)34)26(43-19(5)36)29(44-27)32-28(37)23-15-21-9-7-8-10-22(21)16(23)2/h7-10,20,24-27,29H,6,11-15H2,1-5H3,(H,32,37). The van der Waals surface area contributed by atoms with Crippen molar-refractivity contribution in [2.45, 2.75) is 84.5 Å². The number of rotatable bonds is 8. The van der Waals surface area contributed by atoms with Crippen LogP contribution in [0, 0.1) is 5.92 Å². The van der Waals surface area contributed by atoms with Crippen molar-refractivity contribution in [2.75, 3.05) is 19.7 Å². The first-order chi connectivity index (χ1) is 20.9.